The number of amides is 2. The first kappa shape index (κ1) is 36.8. The zero-order valence-electron chi connectivity index (χ0n) is 29.1. The molecule has 0 aromatic heterocycles. The molecule has 0 saturated carbocycles. The van der Waals surface area contributed by atoms with Gasteiger partial charge in [-0.05, 0) is 67.5 Å². The molecule has 0 fully saturated rings. The second kappa shape index (κ2) is 17.9. The monoisotopic (exact) mass is 660 g/mol. The van der Waals surface area contributed by atoms with Crippen LogP contribution in [0.4, 0.5) is 0 Å². The minimum Gasteiger partial charge on any atom is -0.460 e. The van der Waals surface area contributed by atoms with Crippen LogP contribution in [0.3, 0.4) is 0 Å². The van der Waals surface area contributed by atoms with E-state index in [-0.39, 0.29) is 31.8 Å². The molecule has 4 rings (SSSR count). The first-order chi connectivity index (χ1) is 23.5. The largest absolute Gasteiger partial charge is 0.460 e. The van der Waals surface area contributed by atoms with Crippen LogP contribution in [-0.4, -0.2) is 43.1 Å². The van der Waals surface area contributed by atoms with Crippen molar-refractivity contribution in [2.45, 2.75) is 64.6 Å². The maximum Gasteiger partial charge on any atom is 0.307 e. The Labute approximate surface area is 290 Å². The minimum absolute atomic E-state index is 0.130. The van der Waals surface area contributed by atoms with E-state index in [2.05, 4.69) is 41.8 Å². The summed E-state index contributed by atoms with van der Waals surface area (Å²) < 4.78 is 11.0. The maximum atomic E-state index is 14.0. The Bertz CT molecular complexity index is 1680. The van der Waals surface area contributed by atoms with E-state index in [4.69, 9.17) is 9.47 Å². The molecule has 0 spiro atoms. The first-order valence-electron chi connectivity index (χ1n) is 16.8. The van der Waals surface area contributed by atoms with Crippen molar-refractivity contribution in [1.82, 2.24) is 10.6 Å². The van der Waals surface area contributed by atoms with E-state index in [9.17, 15) is 14.4 Å². The topological polar surface area (TPSA) is 93.7 Å². The fraction of sp³-hybridized carbons (Fsp3) is 0.310. The van der Waals surface area contributed by atoms with Crippen LogP contribution >= 0.6 is 0 Å². The predicted molar refractivity (Wildman–Crippen MR) is 195 cm³/mol. The standard InChI is InChI=1S/C42H48N2O5/c1-30-26-32(24-25-36(30)33-19-11-7-12-20-33)18-15-23-35(28-39(45)49-42(2,3)4)40(46)43-37(27-31-16-9-6-10-17-31)41(47)44-38(29-48-5)34-21-13-8-14-22-34/h6-22,24-26,35,37-38H,23,27-29H2,1-5H3,(H,43,46)(H,44,47)/b18-15+/t35-,37+,38?/m1/s1. The summed E-state index contributed by atoms with van der Waals surface area (Å²) >= 11 is 0. The average Bonchev–Trinajstić information content (AvgIpc) is 3.07. The van der Waals surface area contributed by atoms with Gasteiger partial charge in [0.15, 0.2) is 0 Å². The Morgan fingerprint density at radius 3 is 2.04 bits per heavy atom. The number of esters is 1. The number of aryl methyl sites for hydroxylation is 1. The SMILES string of the molecule is COCC(NC(=O)[C@H](Cc1ccccc1)NC(=O)[C@H](C/C=C/c1ccc(-c2ccccc2)c(C)c1)CC(=O)OC(C)(C)C)c1ccccc1. The Balaban J connectivity index is 1.55. The molecule has 7 nitrogen and oxygen atoms in total. The molecule has 4 aromatic carbocycles. The summed E-state index contributed by atoms with van der Waals surface area (Å²) in [6.07, 6.45) is 4.29. The van der Waals surface area contributed by atoms with Crippen molar-refractivity contribution in [2.24, 2.45) is 5.92 Å². The highest BCUT2D eigenvalue weighted by Gasteiger charge is 2.30. The predicted octanol–water partition coefficient (Wildman–Crippen LogP) is 7.64. The van der Waals surface area contributed by atoms with E-state index < -0.39 is 35.5 Å². The number of nitrogens with one attached hydrogen (secondary N) is 2. The summed E-state index contributed by atoms with van der Waals surface area (Å²) in [7, 11) is 1.58. The number of benzene rings is 4. The van der Waals surface area contributed by atoms with Crippen LogP contribution in [0, 0.1) is 12.8 Å². The molecule has 2 N–H and O–H groups in total. The van der Waals surface area contributed by atoms with Gasteiger partial charge in [-0.25, -0.2) is 0 Å². The van der Waals surface area contributed by atoms with Gasteiger partial charge in [-0.15, -0.1) is 0 Å². The third-order valence-electron chi connectivity index (χ3n) is 8.04. The normalized spacial score (nSPS) is 13.3. The lowest BCUT2D eigenvalue weighted by Gasteiger charge is -2.26. The van der Waals surface area contributed by atoms with Crippen LogP contribution in [0.2, 0.25) is 0 Å². The van der Waals surface area contributed by atoms with Gasteiger partial charge in [0, 0.05) is 13.5 Å². The molecule has 0 heterocycles. The van der Waals surface area contributed by atoms with Gasteiger partial charge >= 0.3 is 5.97 Å². The number of carbonyl (C=O) groups is 3. The van der Waals surface area contributed by atoms with Crippen molar-refractivity contribution in [1.29, 1.82) is 0 Å². The smallest absolute Gasteiger partial charge is 0.307 e. The number of methoxy groups -OCH3 is 1. The van der Waals surface area contributed by atoms with E-state index in [1.54, 1.807) is 27.9 Å². The molecule has 3 atom stereocenters. The van der Waals surface area contributed by atoms with Crippen molar-refractivity contribution in [3.8, 4) is 11.1 Å². The van der Waals surface area contributed by atoms with Crippen LogP contribution in [0.15, 0.2) is 115 Å². The lowest BCUT2D eigenvalue weighted by atomic mass is 9.96. The van der Waals surface area contributed by atoms with Crippen molar-refractivity contribution < 1.29 is 23.9 Å². The minimum atomic E-state index is -0.892. The van der Waals surface area contributed by atoms with Crippen molar-refractivity contribution in [3.63, 3.8) is 0 Å². The highest BCUT2D eigenvalue weighted by molar-refractivity contribution is 5.90. The maximum absolute atomic E-state index is 14.0. The molecule has 0 radical (unpaired) electrons. The molecule has 256 valence electrons. The second-order valence-corrected chi connectivity index (χ2v) is 13.2. The Morgan fingerprint density at radius 1 is 0.796 bits per heavy atom. The quantitative estimate of drug-likeness (QED) is 0.128. The second-order valence-electron chi connectivity index (χ2n) is 13.2. The van der Waals surface area contributed by atoms with E-state index in [1.165, 1.54) is 0 Å². The van der Waals surface area contributed by atoms with Crippen molar-refractivity contribution >= 4 is 23.9 Å². The average molecular weight is 661 g/mol. The first-order valence-corrected chi connectivity index (χ1v) is 16.8. The van der Waals surface area contributed by atoms with Gasteiger partial charge < -0.3 is 20.1 Å². The summed E-state index contributed by atoms with van der Waals surface area (Å²) in [4.78, 5) is 40.8. The molecule has 0 aliphatic heterocycles. The number of hydrogen-bond acceptors (Lipinski definition) is 5. The zero-order valence-corrected chi connectivity index (χ0v) is 29.1. The van der Waals surface area contributed by atoms with Gasteiger partial charge in [-0.2, -0.15) is 0 Å². The van der Waals surface area contributed by atoms with Crippen LogP contribution in [0.25, 0.3) is 17.2 Å². The molecule has 4 aromatic rings. The van der Waals surface area contributed by atoms with Crippen LogP contribution in [-0.2, 0) is 30.3 Å². The van der Waals surface area contributed by atoms with Crippen LogP contribution in [0.5, 0.6) is 0 Å². The fourth-order valence-corrected chi connectivity index (χ4v) is 5.66. The molecule has 49 heavy (non-hydrogen) atoms. The molecule has 7 heteroatoms. The number of carbonyl (C=O) groups excluding carboxylic acids is 3. The fourth-order valence-electron chi connectivity index (χ4n) is 5.66. The number of rotatable bonds is 15. The highest BCUT2D eigenvalue weighted by Crippen LogP contribution is 2.25. The van der Waals surface area contributed by atoms with E-state index in [0.717, 1.165) is 33.4 Å². The third-order valence-corrected chi connectivity index (χ3v) is 8.04. The molecule has 0 saturated heterocycles. The molecule has 1 unspecified atom stereocenters. The molecule has 0 aliphatic rings. The summed E-state index contributed by atoms with van der Waals surface area (Å²) in [6.45, 7) is 7.73. The van der Waals surface area contributed by atoms with Gasteiger partial charge in [0.05, 0.1) is 25.0 Å². The van der Waals surface area contributed by atoms with E-state index in [0.29, 0.717) is 0 Å². The molecule has 0 bridgehead atoms. The lowest BCUT2D eigenvalue weighted by molar-refractivity contribution is -0.157. The number of allylic oxidation sites excluding steroid dienone is 1. The van der Waals surface area contributed by atoms with Gasteiger partial charge in [-0.3, -0.25) is 14.4 Å². The lowest BCUT2D eigenvalue weighted by Crippen LogP contribution is -2.51. The van der Waals surface area contributed by atoms with Gasteiger partial charge in [0.1, 0.15) is 11.6 Å². The van der Waals surface area contributed by atoms with E-state index >= 15 is 0 Å². The Morgan fingerprint density at radius 2 is 1.43 bits per heavy atom. The summed E-state index contributed by atoms with van der Waals surface area (Å²) in [5.74, 6) is -1.97. The summed E-state index contributed by atoms with van der Waals surface area (Å²) in [5, 5.41) is 6.06. The summed E-state index contributed by atoms with van der Waals surface area (Å²) in [6, 6.07) is 34.2. The van der Waals surface area contributed by atoms with Gasteiger partial charge in [-0.1, -0.05) is 121 Å². The Hall–Kier alpha value is -5.01. The molecular weight excluding hydrogens is 612 g/mol. The van der Waals surface area contributed by atoms with E-state index in [1.807, 2.05) is 97.1 Å². The molecular formula is C42H48N2O5. The van der Waals surface area contributed by atoms with Gasteiger partial charge in [0.25, 0.3) is 0 Å². The molecule has 0 aliphatic carbocycles. The van der Waals surface area contributed by atoms with Crippen LogP contribution in [0.1, 0.15) is 61.9 Å². The Kier molecular flexibility index (Phi) is 13.5. The molecule has 2 amide bonds. The number of ether oxygens (including phenoxy) is 2. The highest BCUT2D eigenvalue weighted by atomic mass is 16.6. The zero-order chi connectivity index (χ0) is 35.2. The third kappa shape index (κ3) is 11.9. The van der Waals surface area contributed by atoms with Crippen molar-refractivity contribution in [3.05, 3.63) is 138 Å². The van der Waals surface area contributed by atoms with Crippen LogP contribution < -0.4 is 10.6 Å². The van der Waals surface area contributed by atoms with Gasteiger partial charge in [0.2, 0.25) is 11.8 Å². The summed E-state index contributed by atoms with van der Waals surface area (Å²) in [5.41, 5.74) is 5.51. The van der Waals surface area contributed by atoms with Crippen molar-refractivity contribution in [2.75, 3.05) is 13.7 Å². The number of hydrogen-bond donors (Lipinski definition) is 2.